The summed E-state index contributed by atoms with van der Waals surface area (Å²) in [5.74, 6) is 0.354. The van der Waals surface area contributed by atoms with E-state index >= 15 is 0 Å². The predicted octanol–water partition coefficient (Wildman–Crippen LogP) is 3.28. The third kappa shape index (κ3) is 1.94. The van der Waals surface area contributed by atoms with E-state index in [2.05, 4.69) is 6.92 Å². The van der Waals surface area contributed by atoms with Crippen LogP contribution in [-0.4, -0.2) is 18.9 Å². The first-order chi connectivity index (χ1) is 8.75. The lowest BCUT2D eigenvalue weighted by Gasteiger charge is -2.53. The van der Waals surface area contributed by atoms with Crippen LogP contribution in [0.3, 0.4) is 0 Å². The van der Waals surface area contributed by atoms with Crippen molar-refractivity contribution in [1.29, 1.82) is 0 Å². The first-order valence-corrected chi connectivity index (χ1v) is 7.07. The van der Waals surface area contributed by atoms with Crippen LogP contribution in [0.15, 0.2) is 11.1 Å². The molecule has 3 heteroatoms. The maximum Gasteiger partial charge on any atom is 0.334 e. The number of esters is 1. The van der Waals surface area contributed by atoms with Gasteiger partial charge in [0.15, 0.2) is 0 Å². The molecule has 0 N–H and O–H groups in total. The Labute approximate surface area is 115 Å². The molecule has 3 nitrogen and oxygen atoms in total. The fourth-order valence-corrected chi connectivity index (χ4v) is 4.32. The van der Waals surface area contributed by atoms with Gasteiger partial charge in [0.2, 0.25) is 0 Å². The number of fused-ring (bicyclic) bond motifs is 1. The fourth-order valence-electron chi connectivity index (χ4n) is 4.32. The average molecular weight is 264 g/mol. The number of ether oxygens (including phenoxy) is 1. The van der Waals surface area contributed by atoms with Crippen molar-refractivity contribution in [2.45, 2.75) is 53.4 Å². The number of carbonyl (C=O) groups excluding carboxylic acids is 2. The molecule has 19 heavy (non-hydrogen) atoms. The molecule has 2 aliphatic rings. The van der Waals surface area contributed by atoms with Gasteiger partial charge in [0.1, 0.15) is 5.78 Å². The second-order valence-corrected chi connectivity index (χ2v) is 6.80. The summed E-state index contributed by atoms with van der Waals surface area (Å²) in [5.41, 5.74) is 1.40. The van der Waals surface area contributed by atoms with Crippen molar-refractivity contribution in [2.24, 2.45) is 16.7 Å². The van der Waals surface area contributed by atoms with Crippen molar-refractivity contribution in [3.05, 3.63) is 11.1 Å². The van der Waals surface area contributed by atoms with Gasteiger partial charge in [0.05, 0.1) is 7.11 Å². The Bertz CT molecular complexity index is 459. The number of methoxy groups -OCH3 is 1. The second kappa shape index (κ2) is 4.46. The Morgan fingerprint density at radius 1 is 1.26 bits per heavy atom. The van der Waals surface area contributed by atoms with Gasteiger partial charge in [0, 0.05) is 22.8 Å². The maximum absolute atomic E-state index is 12.2. The van der Waals surface area contributed by atoms with Crippen molar-refractivity contribution in [2.75, 3.05) is 7.11 Å². The van der Waals surface area contributed by atoms with Crippen molar-refractivity contribution < 1.29 is 14.3 Å². The molecule has 0 aromatic carbocycles. The van der Waals surface area contributed by atoms with E-state index in [1.165, 1.54) is 7.11 Å². The lowest BCUT2D eigenvalue weighted by atomic mass is 9.50. The zero-order chi connectivity index (χ0) is 14.4. The first kappa shape index (κ1) is 14.3. The molecule has 0 aromatic heterocycles. The third-order valence-electron chi connectivity index (χ3n) is 5.43. The topological polar surface area (TPSA) is 43.4 Å². The van der Waals surface area contributed by atoms with E-state index in [9.17, 15) is 9.59 Å². The second-order valence-electron chi connectivity index (χ2n) is 6.80. The highest BCUT2D eigenvalue weighted by molar-refractivity contribution is 5.93. The Morgan fingerprint density at radius 2 is 1.89 bits per heavy atom. The normalized spacial score (nSPS) is 33.9. The fraction of sp³-hybridized carbons (Fsp3) is 0.750. The van der Waals surface area contributed by atoms with Gasteiger partial charge in [-0.2, -0.15) is 0 Å². The molecule has 0 aromatic rings. The van der Waals surface area contributed by atoms with Gasteiger partial charge in [-0.05, 0) is 32.1 Å². The highest BCUT2D eigenvalue weighted by atomic mass is 16.5. The molecule has 2 atom stereocenters. The van der Waals surface area contributed by atoms with E-state index in [1.54, 1.807) is 0 Å². The zero-order valence-corrected chi connectivity index (χ0v) is 12.6. The summed E-state index contributed by atoms with van der Waals surface area (Å²) in [6.07, 6.45) is 3.21. The minimum Gasteiger partial charge on any atom is -0.466 e. The molecular formula is C16H24O3. The molecule has 0 saturated heterocycles. The first-order valence-electron chi connectivity index (χ1n) is 7.07. The Kier molecular flexibility index (Phi) is 3.36. The van der Waals surface area contributed by atoms with Crippen molar-refractivity contribution >= 4 is 11.8 Å². The highest BCUT2D eigenvalue weighted by Crippen LogP contribution is 2.58. The van der Waals surface area contributed by atoms with Gasteiger partial charge in [-0.1, -0.05) is 26.3 Å². The number of hydrogen-bond donors (Lipinski definition) is 0. The monoisotopic (exact) mass is 264 g/mol. The number of Topliss-reactive ketones (excluding diaryl/α,β-unsaturated/α-hetero) is 1. The number of hydrogen-bond acceptors (Lipinski definition) is 3. The van der Waals surface area contributed by atoms with Crippen LogP contribution in [0.4, 0.5) is 0 Å². The summed E-state index contributed by atoms with van der Waals surface area (Å²) < 4.78 is 4.99. The van der Waals surface area contributed by atoms with Gasteiger partial charge in [-0.3, -0.25) is 4.79 Å². The minimum absolute atomic E-state index is 0.213. The largest absolute Gasteiger partial charge is 0.466 e. The third-order valence-corrected chi connectivity index (χ3v) is 5.43. The van der Waals surface area contributed by atoms with E-state index in [4.69, 9.17) is 4.74 Å². The molecule has 106 valence electrons. The summed E-state index contributed by atoms with van der Waals surface area (Å²) in [4.78, 5) is 24.4. The zero-order valence-electron chi connectivity index (χ0n) is 12.6. The van der Waals surface area contributed by atoms with Crippen LogP contribution in [0.1, 0.15) is 53.4 Å². The molecule has 2 rings (SSSR count). The highest BCUT2D eigenvalue weighted by Gasteiger charge is 2.55. The predicted molar refractivity (Wildman–Crippen MR) is 73.6 cm³/mol. The van der Waals surface area contributed by atoms with Crippen molar-refractivity contribution in [3.8, 4) is 0 Å². The summed E-state index contributed by atoms with van der Waals surface area (Å²) >= 11 is 0. The summed E-state index contributed by atoms with van der Waals surface area (Å²) in [6.45, 7) is 8.23. The van der Waals surface area contributed by atoms with E-state index in [0.717, 1.165) is 30.4 Å². The quantitative estimate of drug-likeness (QED) is 0.683. The van der Waals surface area contributed by atoms with Gasteiger partial charge < -0.3 is 4.74 Å². The SMILES string of the molecule is COC(=O)C1=C(C)CC[C@H]2C(C)(C)C(=O)CC[C@]12C. The van der Waals surface area contributed by atoms with Gasteiger partial charge in [0.25, 0.3) is 0 Å². The van der Waals surface area contributed by atoms with E-state index in [-0.39, 0.29) is 22.7 Å². The Morgan fingerprint density at radius 3 is 2.47 bits per heavy atom. The molecule has 0 spiro atoms. The van der Waals surface area contributed by atoms with Gasteiger partial charge >= 0.3 is 5.97 Å². The van der Waals surface area contributed by atoms with Gasteiger partial charge in [-0.25, -0.2) is 4.79 Å². The number of ketones is 1. The van der Waals surface area contributed by atoms with Crippen LogP contribution in [0.5, 0.6) is 0 Å². The van der Waals surface area contributed by atoms with E-state index in [1.807, 2.05) is 20.8 Å². The molecule has 1 fully saturated rings. The number of rotatable bonds is 1. The lowest BCUT2D eigenvalue weighted by Crippen LogP contribution is -2.51. The lowest BCUT2D eigenvalue weighted by molar-refractivity contribution is -0.145. The van der Waals surface area contributed by atoms with Crippen molar-refractivity contribution in [3.63, 3.8) is 0 Å². The summed E-state index contributed by atoms with van der Waals surface area (Å²) in [5, 5.41) is 0. The molecule has 0 bridgehead atoms. The average Bonchev–Trinajstić information content (AvgIpc) is 2.33. The molecular weight excluding hydrogens is 240 g/mol. The maximum atomic E-state index is 12.2. The van der Waals surface area contributed by atoms with Crippen LogP contribution in [0, 0.1) is 16.7 Å². The summed E-state index contributed by atoms with van der Waals surface area (Å²) in [7, 11) is 1.44. The molecule has 0 amide bonds. The molecule has 0 radical (unpaired) electrons. The summed E-state index contributed by atoms with van der Waals surface area (Å²) in [6, 6.07) is 0. The minimum atomic E-state index is -0.340. The molecule has 1 saturated carbocycles. The van der Waals surface area contributed by atoms with E-state index < -0.39 is 0 Å². The number of allylic oxidation sites excluding steroid dienone is 1. The van der Waals surface area contributed by atoms with Crippen LogP contribution in [0.25, 0.3) is 0 Å². The van der Waals surface area contributed by atoms with Crippen LogP contribution < -0.4 is 0 Å². The van der Waals surface area contributed by atoms with Gasteiger partial charge in [-0.15, -0.1) is 0 Å². The standard InChI is InChI=1S/C16H24O3/c1-10-6-7-11-15(2,3)12(17)8-9-16(11,4)13(10)14(18)19-5/h11H,6-9H2,1-5H3/t11-,16-/m0/s1. The molecule has 0 aliphatic heterocycles. The molecule has 2 aliphatic carbocycles. The molecule has 0 unspecified atom stereocenters. The Hall–Kier alpha value is -1.12. The molecule has 0 heterocycles. The van der Waals surface area contributed by atoms with E-state index in [0.29, 0.717) is 12.2 Å². The van der Waals surface area contributed by atoms with Crippen LogP contribution in [0.2, 0.25) is 0 Å². The Balaban J connectivity index is 2.52. The smallest absolute Gasteiger partial charge is 0.334 e. The van der Waals surface area contributed by atoms with Crippen LogP contribution in [-0.2, 0) is 14.3 Å². The van der Waals surface area contributed by atoms with Crippen LogP contribution >= 0.6 is 0 Å². The van der Waals surface area contributed by atoms with Crippen molar-refractivity contribution in [1.82, 2.24) is 0 Å². The number of carbonyl (C=O) groups is 2.